The van der Waals surface area contributed by atoms with E-state index >= 15 is 0 Å². The molecule has 4 heteroatoms. The highest BCUT2D eigenvalue weighted by molar-refractivity contribution is 7.85. The third-order valence-electron chi connectivity index (χ3n) is 2.30. The van der Waals surface area contributed by atoms with Crippen molar-refractivity contribution in [2.45, 2.75) is 18.6 Å². The second-order valence-electron chi connectivity index (χ2n) is 3.48. The molecule has 1 saturated heterocycles. The van der Waals surface area contributed by atoms with Gasteiger partial charge in [0.25, 0.3) is 0 Å². The maximum atomic E-state index is 11.5. The van der Waals surface area contributed by atoms with Crippen molar-refractivity contribution < 1.29 is 4.21 Å². The zero-order valence-corrected chi connectivity index (χ0v) is 9.53. The molecule has 0 radical (unpaired) electrons. The molecule has 0 bridgehead atoms. The van der Waals surface area contributed by atoms with Crippen LogP contribution >= 0.6 is 11.6 Å². The van der Waals surface area contributed by atoms with Gasteiger partial charge in [-0.3, -0.25) is 9.11 Å². The van der Waals surface area contributed by atoms with Crippen LogP contribution in [0.4, 0.5) is 0 Å². The summed E-state index contributed by atoms with van der Waals surface area (Å²) in [6.45, 7) is 8.31. The summed E-state index contributed by atoms with van der Waals surface area (Å²) in [5, 5.41) is 0.994. The summed E-state index contributed by atoms with van der Waals surface area (Å²) >= 11 is 5.73. The fourth-order valence-electron chi connectivity index (χ4n) is 1.43. The second kappa shape index (κ2) is 5.13. The van der Waals surface area contributed by atoms with Crippen LogP contribution in [-0.2, 0) is 10.8 Å². The van der Waals surface area contributed by atoms with E-state index in [4.69, 9.17) is 11.6 Å². The van der Waals surface area contributed by atoms with Crippen molar-refractivity contribution in [2.75, 3.05) is 25.4 Å². The van der Waals surface area contributed by atoms with Gasteiger partial charge < -0.3 is 0 Å². The fraction of sp³-hybridized carbons (Fsp3) is 0.778. The van der Waals surface area contributed by atoms with Gasteiger partial charge in [0.2, 0.25) is 0 Å². The highest BCUT2D eigenvalue weighted by Crippen LogP contribution is 2.11. The molecule has 2 atom stereocenters. The Morgan fingerprint density at radius 3 is 3.00 bits per heavy atom. The smallest absolute Gasteiger partial charge is 0.0365 e. The summed E-state index contributed by atoms with van der Waals surface area (Å²) in [6, 6.07) is 0. The Kier molecular flexibility index (Phi) is 4.42. The summed E-state index contributed by atoms with van der Waals surface area (Å²) in [4.78, 5) is 2.22. The van der Waals surface area contributed by atoms with Crippen LogP contribution in [0.25, 0.3) is 0 Å². The molecule has 2 unspecified atom stereocenters. The maximum Gasteiger partial charge on any atom is 0.0365 e. The molecule has 0 aliphatic carbocycles. The molecule has 0 aromatic heterocycles. The van der Waals surface area contributed by atoms with Gasteiger partial charge in [-0.05, 0) is 13.0 Å². The molecule has 0 amide bonds. The van der Waals surface area contributed by atoms with Crippen LogP contribution in [-0.4, -0.2) is 39.7 Å². The molecule has 0 saturated carbocycles. The molecule has 1 aliphatic heterocycles. The molecule has 0 aromatic carbocycles. The van der Waals surface area contributed by atoms with E-state index in [0.717, 1.165) is 31.8 Å². The van der Waals surface area contributed by atoms with E-state index in [2.05, 4.69) is 18.4 Å². The van der Waals surface area contributed by atoms with Gasteiger partial charge in [-0.15, -0.1) is 0 Å². The van der Waals surface area contributed by atoms with Crippen LogP contribution < -0.4 is 0 Å². The SMILES string of the molecule is C=C(Cl)CN1CCC(C)S(=O)CC1. The molecule has 0 aromatic rings. The number of hydrogen-bond acceptors (Lipinski definition) is 2. The lowest BCUT2D eigenvalue weighted by Gasteiger charge is -2.17. The Hall–Kier alpha value is 0.140. The number of nitrogens with zero attached hydrogens (tertiary/aromatic N) is 1. The van der Waals surface area contributed by atoms with Crippen LogP contribution in [0.15, 0.2) is 11.6 Å². The van der Waals surface area contributed by atoms with Crippen molar-refractivity contribution in [3.05, 3.63) is 11.6 Å². The number of halogens is 1. The van der Waals surface area contributed by atoms with Crippen molar-refractivity contribution in [3.63, 3.8) is 0 Å². The lowest BCUT2D eigenvalue weighted by Crippen LogP contribution is -2.27. The molecule has 1 rings (SSSR count). The molecular weight excluding hydrogens is 206 g/mol. The summed E-state index contributed by atoms with van der Waals surface area (Å²) < 4.78 is 11.5. The Morgan fingerprint density at radius 1 is 1.69 bits per heavy atom. The molecule has 2 nitrogen and oxygen atoms in total. The average molecular weight is 222 g/mol. The summed E-state index contributed by atoms with van der Waals surface area (Å²) in [6.07, 6.45) is 0.997. The van der Waals surface area contributed by atoms with Crippen molar-refractivity contribution in [1.82, 2.24) is 4.90 Å². The summed E-state index contributed by atoms with van der Waals surface area (Å²) in [5.41, 5.74) is 0. The van der Waals surface area contributed by atoms with Gasteiger partial charge in [0.15, 0.2) is 0 Å². The molecule has 1 aliphatic rings. The van der Waals surface area contributed by atoms with E-state index in [1.807, 2.05) is 0 Å². The van der Waals surface area contributed by atoms with Gasteiger partial charge in [-0.1, -0.05) is 25.1 Å². The van der Waals surface area contributed by atoms with Crippen molar-refractivity contribution in [3.8, 4) is 0 Å². The summed E-state index contributed by atoms with van der Waals surface area (Å²) in [5.74, 6) is 0.769. The Labute approximate surface area is 87.4 Å². The molecule has 0 N–H and O–H groups in total. The quantitative estimate of drug-likeness (QED) is 0.706. The number of rotatable bonds is 2. The van der Waals surface area contributed by atoms with Gasteiger partial charge >= 0.3 is 0 Å². The van der Waals surface area contributed by atoms with Crippen LogP contribution in [0.2, 0.25) is 0 Å². The van der Waals surface area contributed by atoms with E-state index in [1.54, 1.807) is 0 Å². The minimum Gasteiger partial charge on any atom is -0.297 e. The maximum absolute atomic E-state index is 11.5. The molecule has 76 valence electrons. The van der Waals surface area contributed by atoms with Gasteiger partial charge in [-0.2, -0.15) is 0 Å². The zero-order chi connectivity index (χ0) is 9.84. The van der Waals surface area contributed by atoms with Crippen molar-refractivity contribution >= 4 is 22.4 Å². The molecule has 0 spiro atoms. The van der Waals surface area contributed by atoms with Gasteiger partial charge in [0, 0.05) is 39.9 Å². The highest BCUT2D eigenvalue weighted by atomic mass is 35.5. The van der Waals surface area contributed by atoms with Crippen LogP contribution in [0.3, 0.4) is 0 Å². The molecular formula is C9H16ClNOS. The Balaban J connectivity index is 2.44. The van der Waals surface area contributed by atoms with Crippen LogP contribution in [0, 0.1) is 0 Å². The summed E-state index contributed by atoms with van der Waals surface area (Å²) in [7, 11) is -0.652. The molecule has 1 fully saturated rings. The minimum atomic E-state index is -0.652. The first-order valence-corrected chi connectivity index (χ1v) is 6.28. The normalized spacial score (nSPS) is 31.2. The van der Waals surface area contributed by atoms with Crippen LogP contribution in [0.5, 0.6) is 0 Å². The van der Waals surface area contributed by atoms with Gasteiger partial charge in [0.05, 0.1) is 0 Å². The second-order valence-corrected chi connectivity index (χ2v) is 5.99. The van der Waals surface area contributed by atoms with Gasteiger partial charge in [-0.25, -0.2) is 0 Å². The van der Waals surface area contributed by atoms with E-state index in [0.29, 0.717) is 10.3 Å². The first-order chi connectivity index (χ1) is 6.09. The predicted molar refractivity (Wildman–Crippen MR) is 58.5 cm³/mol. The third kappa shape index (κ3) is 3.79. The minimum absolute atomic E-state index is 0.327. The first-order valence-electron chi connectivity index (χ1n) is 4.52. The van der Waals surface area contributed by atoms with Crippen LogP contribution in [0.1, 0.15) is 13.3 Å². The van der Waals surface area contributed by atoms with E-state index < -0.39 is 10.8 Å². The first kappa shape index (κ1) is 11.2. The van der Waals surface area contributed by atoms with Crippen molar-refractivity contribution in [1.29, 1.82) is 0 Å². The Bertz CT molecular complexity index is 220. The fourth-order valence-corrected chi connectivity index (χ4v) is 2.81. The monoisotopic (exact) mass is 221 g/mol. The zero-order valence-electron chi connectivity index (χ0n) is 7.96. The van der Waals surface area contributed by atoms with E-state index in [-0.39, 0.29) is 0 Å². The highest BCUT2D eigenvalue weighted by Gasteiger charge is 2.18. The number of hydrogen-bond donors (Lipinski definition) is 0. The average Bonchev–Trinajstić information content (AvgIpc) is 2.19. The Morgan fingerprint density at radius 2 is 2.38 bits per heavy atom. The van der Waals surface area contributed by atoms with Crippen molar-refractivity contribution in [2.24, 2.45) is 0 Å². The third-order valence-corrected chi connectivity index (χ3v) is 4.14. The van der Waals surface area contributed by atoms with E-state index in [9.17, 15) is 4.21 Å². The standard InChI is InChI=1S/C9H16ClNOS/c1-8(10)7-11-4-3-9(2)13(12)6-5-11/h9H,1,3-7H2,2H3. The predicted octanol–water partition coefficient (Wildman–Crippen LogP) is 1.58. The lowest BCUT2D eigenvalue weighted by molar-refractivity contribution is 0.320. The van der Waals surface area contributed by atoms with E-state index in [1.165, 1.54) is 0 Å². The topological polar surface area (TPSA) is 20.3 Å². The largest absolute Gasteiger partial charge is 0.297 e. The van der Waals surface area contributed by atoms with Gasteiger partial charge in [0.1, 0.15) is 0 Å². The lowest BCUT2D eigenvalue weighted by atomic mass is 10.3. The molecule has 1 heterocycles. The molecule has 13 heavy (non-hydrogen) atoms.